The van der Waals surface area contributed by atoms with Crippen LogP contribution < -0.4 is 0 Å². The summed E-state index contributed by atoms with van der Waals surface area (Å²) < 4.78 is 0. The molecule has 0 saturated heterocycles. The Hall–Kier alpha value is -2.77. The highest BCUT2D eigenvalue weighted by molar-refractivity contribution is 6.40. The third-order valence-corrected chi connectivity index (χ3v) is 5.07. The quantitative estimate of drug-likeness (QED) is 0.315. The van der Waals surface area contributed by atoms with Gasteiger partial charge in [0, 0.05) is 10.4 Å². The largest absolute Gasteiger partial charge is 0.508 e. The average Bonchev–Trinajstić information content (AvgIpc) is 2.61. The molecule has 0 heterocycles. The average molecular weight is 329 g/mol. The van der Waals surface area contributed by atoms with E-state index in [2.05, 4.69) is 48.5 Å². The Morgan fingerprint density at radius 3 is 2.21 bits per heavy atom. The second-order valence-corrected chi connectivity index (χ2v) is 6.54. The van der Waals surface area contributed by atoms with Crippen molar-refractivity contribution in [2.75, 3.05) is 0 Å². The van der Waals surface area contributed by atoms with E-state index in [1.807, 2.05) is 12.1 Å². The first-order valence-electron chi connectivity index (χ1n) is 7.88. The standard InChI is InChI=1S/C22H13ClO/c23-21-11-14-5-7-15(24)12-20(14)19-10-9-17-16-4-2-1-3-13(16)6-8-18(17)22(19)21/h1-12,24H. The summed E-state index contributed by atoms with van der Waals surface area (Å²) in [4.78, 5) is 0. The Kier molecular flexibility index (Phi) is 2.76. The van der Waals surface area contributed by atoms with Gasteiger partial charge in [-0.2, -0.15) is 0 Å². The zero-order valence-corrected chi connectivity index (χ0v) is 13.5. The van der Waals surface area contributed by atoms with E-state index in [4.69, 9.17) is 11.6 Å². The van der Waals surface area contributed by atoms with Crippen LogP contribution in [0.3, 0.4) is 0 Å². The Bertz CT molecular complexity index is 1270. The van der Waals surface area contributed by atoms with E-state index in [9.17, 15) is 5.11 Å². The minimum Gasteiger partial charge on any atom is -0.508 e. The fourth-order valence-corrected chi connectivity index (χ4v) is 4.00. The van der Waals surface area contributed by atoms with Crippen molar-refractivity contribution in [1.82, 2.24) is 0 Å². The van der Waals surface area contributed by atoms with Gasteiger partial charge in [-0.3, -0.25) is 0 Å². The van der Waals surface area contributed by atoms with Crippen LogP contribution in [0, 0.1) is 0 Å². The van der Waals surface area contributed by atoms with Crippen LogP contribution in [-0.2, 0) is 0 Å². The first-order valence-corrected chi connectivity index (χ1v) is 8.25. The van der Waals surface area contributed by atoms with Gasteiger partial charge in [-0.1, -0.05) is 66.2 Å². The highest BCUT2D eigenvalue weighted by atomic mass is 35.5. The highest BCUT2D eigenvalue weighted by Crippen LogP contribution is 2.39. The van der Waals surface area contributed by atoms with Crippen molar-refractivity contribution in [2.45, 2.75) is 0 Å². The third kappa shape index (κ3) is 1.82. The molecule has 0 aromatic heterocycles. The van der Waals surface area contributed by atoms with Crippen LogP contribution in [0.5, 0.6) is 5.75 Å². The summed E-state index contributed by atoms with van der Waals surface area (Å²) in [7, 11) is 0. The van der Waals surface area contributed by atoms with E-state index in [-0.39, 0.29) is 5.75 Å². The van der Waals surface area contributed by atoms with Gasteiger partial charge in [0.05, 0.1) is 0 Å². The van der Waals surface area contributed by atoms with E-state index in [1.165, 1.54) is 16.2 Å². The van der Waals surface area contributed by atoms with Crippen molar-refractivity contribution < 1.29 is 5.11 Å². The summed E-state index contributed by atoms with van der Waals surface area (Å²) in [5.41, 5.74) is 0. The fraction of sp³-hybridized carbons (Fsp3) is 0. The maximum atomic E-state index is 9.88. The Morgan fingerprint density at radius 1 is 0.583 bits per heavy atom. The molecule has 0 aliphatic rings. The highest BCUT2D eigenvalue weighted by Gasteiger charge is 2.11. The summed E-state index contributed by atoms with van der Waals surface area (Å²) in [6.07, 6.45) is 0. The monoisotopic (exact) mass is 328 g/mol. The van der Waals surface area contributed by atoms with Gasteiger partial charge in [0.15, 0.2) is 0 Å². The van der Waals surface area contributed by atoms with E-state index in [0.29, 0.717) is 0 Å². The molecule has 114 valence electrons. The number of phenolic OH excluding ortho intramolecular Hbond substituents is 1. The number of benzene rings is 5. The molecule has 0 bridgehead atoms. The van der Waals surface area contributed by atoms with Crippen molar-refractivity contribution in [3.63, 3.8) is 0 Å². The van der Waals surface area contributed by atoms with Gasteiger partial charge in [0.2, 0.25) is 0 Å². The zero-order valence-electron chi connectivity index (χ0n) is 12.8. The molecule has 5 rings (SSSR count). The Balaban J connectivity index is 2.06. The van der Waals surface area contributed by atoms with Gasteiger partial charge >= 0.3 is 0 Å². The van der Waals surface area contributed by atoms with Crippen LogP contribution in [0.2, 0.25) is 5.02 Å². The lowest BCUT2D eigenvalue weighted by Crippen LogP contribution is -1.84. The molecule has 0 aliphatic carbocycles. The molecule has 0 atom stereocenters. The molecule has 5 aromatic carbocycles. The molecular weight excluding hydrogens is 316 g/mol. The van der Waals surface area contributed by atoms with E-state index in [0.717, 1.165) is 32.0 Å². The summed E-state index contributed by atoms with van der Waals surface area (Å²) in [5.74, 6) is 0.268. The molecule has 0 aliphatic heterocycles. The Labute approximate surface area is 143 Å². The van der Waals surface area contributed by atoms with Crippen LogP contribution in [0.25, 0.3) is 43.1 Å². The van der Waals surface area contributed by atoms with Crippen molar-refractivity contribution >= 4 is 54.7 Å². The predicted octanol–water partition coefficient (Wildman–Crippen LogP) is 6.66. The topological polar surface area (TPSA) is 20.2 Å². The predicted molar refractivity (Wildman–Crippen MR) is 103 cm³/mol. The molecule has 0 saturated carbocycles. The number of phenols is 1. The van der Waals surface area contributed by atoms with Crippen LogP contribution in [0.15, 0.2) is 72.8 Å². The number of halogens is 1. The van der Waals surface area contributed by atoms with Gasteiger partial charge < -0.3 is 5.11 Å². The van der Waals surface area contributed by atoms with Gasteiger partial charge in [-0.25, -0.2) is 0 Å². The first kappa shape index (κ1) is 13.6. The van der Waals surface area contributed by atoms with Crippen LogP contribution in [0.4, 0.5) is 0 Å². The normalized spacial score (nSPS) is 11.7. The summed E-state index contributed by atoms with van der Waals surface area (Å²) in [6, 6.07) is 24.3. The SMILES string of the molecule is Oc1ccc2cc(Cl)c3c(ccc4c5ccccc5ccc43)c2c1. The molecule has 2 heteroatoms. The van der Waals surface area contributed by atoms with Crippen molar-refractivity contribution in [1.29, 1.82) is 0 Å². The Morgan fingerprint density at radius 2 is 1.29 bits per heavy atom. The zero-order chi connectivity index (χ0) is 16.3. The number of hydrogen-bond donors (Lipinski definition) is 1. The van der Waals surface area contributed by atoms with Crippen LogP contribution in [-0.4, -0.2) is 5.11 Å². The molecule has 0 unspecified atom stereocenters. The van der Waals surface area contributed by atoms with Crippen LogP contribution in [0.1, 0.15) is 0 Å². The molecule has 0 fully saturated rings. The van der Waals surface area contributed by atoms with E-state index >= 15 is 0 Å². The number of aromatic hydroxyl groups is 1. The van der Waals surface area contributed by atoms with Crippen molar-refractivity contribution in [3.05, 3.63) is 77.8 Å². The molecular formula is C22H13ClO. The van der Waals surface area contributed by atoms with Crippen molar-refractivity contribution in [2.24, 2.45) is 0 Å². The molecule has 1 nitrogen and oxygen atoms in total. The van der Waals surface area contributed by atoms with Crippen molar-refractivity contribution in [3.8, 4) is 5.75 Å². The molecule has 0 spiro atoms. The lowest BCUT2D eigenvalue weighted by atomic mass is 9.94. The lowest BCUT2D eigenvalue weighted by molar-refractivity contribution is 0.476. The first-order chi connectivity index (χ1) is 11.7. The second kappa shape index (κ2) is 4.86. The van der Waals surface area contributed by atoms with Gasteiger partial charge in [0.1, 0.15) is 5.75 Å². The van der Waals surface area contributed by atoms with Gasteiger partial charge in [0.25, 0.3) is 0 Å². The summed E-state index contributed by atoms with van der Waals surface area (Å²) >= 11 is 6.64. The van der Waals surface area contributed by atoms with E-state index in [1.54, 1.807) is 12.1 Å². The summed E-state index contributed by atoms with van der Waals surface area (Å²) in [6.45, 7) is 0. The minimum absolute atomic E-state index is 0.268. The molecule has 5 aromatic rings. The maximum absolute atomic E-state index is 9.88. The minimum atomic E-state index is 0.268. The number of hydrogen-bond acceptors (Lipinski definition) is 1. The molecule has 0 amide bonds. The second-order valence-electron chi connectivity index (χ2n) is 6.13. The van der Waals surface area contributed by atoms with E-state index < -0.39 is 0 Å². The smallest absolute Gasteiger partial charge is 0.116 e. The fourth-order valence-electron chi connectivity index (χ4n) is 3.68. The van der Waals surface area contributed by atoms with Crippen LogP contribution >= 0.6 is 11.6 Å². The maximum Gasteiger partial charge on any atom is 0.116 e. The molecule has 24 heavy (non-hydrogen) atoms. The lowest BCUT2D eigenvalue weighted by Gasteiger charge is -2.11. The number of rotatable bonds is 0. The third-order valence-electron chi connectivity index (χ3n) is 4.77. The van der Waals surface area contributed by atoms with Gasteiger partial charge in [-0.05, 0) is 55.9 Å². The molecule has 1 N–H and O–H groups in total. The summed E-state index contributed by atoms with van der Waals surface area (Å²) in [5, 5.41) is 19.6. The van der Waals surface area contributed by atoms with Gasteiger partial charge in [-0.15, -0.1) is 0 Å². The number of fused-ring (bicyclic) bond motifs is 7. The molecule has 0 radical (unpaired) electrons.